The second-order valence-electron chi connectivity index (χ2n) is 7.16. The molecule has 4 amide bonds. The average Bonchev–Trinajstić information content (AvgIpc) is 2.71. The Balaban J connectivity index is 1.52. The molecule has 7 nitrogen and oxygen atoms in total. The first-order chi connectivity index (χ1) is 13.1. The van der Waals surface area contributed by atoms with Crippen LogP contribution in [0.4, 0.5) is 4.79 Å². The third-order valence-electron chi connectivity index (χ3n) is 5.28. The van der Waals surface area contributed by atoms with Crippen LogP contribution in [0.1, 0.15) is 31.7 Å². The number of rotatable bonds is 5. The summed E-state index contributed by atoms with van der Waals surface area (Å²) < 4.78 is 0. The lowest BCUT2D eigenvalue weighted by molar-refractivity contribution is -0.158. The second-order valence-corrected chi connectivity index (χ2v) is 7.16. The van der Waals surface area contributed by atoms with Crippen LogP contribution in [-0.4, -0.2) is 71.3 Å². The monoisotopic (exact) mass is 372 g/mol. The minimum Gasteiger partial charge on any atom is -0.338 e. The largest absolute Gasteiger partial charge is 0.338 e. The van der Waals surface area contributed by atoms with Crippen molar-refractivity contribution in [1.82, 2.24) is 20.0 Å². The molecule has 0 unspecified atom stereocenters. The number of hydrogen-bond acceptors (Lipinski definition) is 3. The Labute approximate surface area is 160 Å². The lowest BCUT2D eigenvalue weighted by Gasteiger charge is -2.42. The number of likely N-dealkylation sites (tertiary alicyclic amines) is 1. The van der Waals surface area contributed by atoms with Gasteiger partial charge in [-0.25, -0.2) is 4.79 Å². The highest BCUT2D eigenvalue weighted by atomic mass is 16.2. The van der Waals surface area contributed by atoms with Crippen LogP contribution in [0.3, 0.4) is 0 Å². The van der Waals surface area contributed by atoms with Gasteiger partial charge in [-0.15, -0.1) is 0 Å². The van der Waals surface area contributed by atoms with Gasteiger partial charge in [-0.2, -0.15) is 0 Å². The van der Waals surface area contributed by atoms with E-state index in [1.165, 1.54) is 0 Å². The zero-order chi connectivity index (χ0) is 19.2. The molecule has 2 fully saturated rings. The summed E-state index contributed by atoms with van der Waals surface area (Å²) in [6.45, 7) is 5.51. The highest BCUT2D eigenvalue weighted by Crippen LogP contribution is 2.20. The summed E-state index contributed by atoms with van der Waals surface area (Å²) in [7, 11) is 0. The van der Waals surface area contributed by atoms with Crippen LogP contribution in [-0.2, 0) is 16.1 Å². The zero-order valence-corrected chi connectivity index (χ0v) is 15.9. The van der Waals surface area contributed by atoms with E-state index in [0.29, 0.717) is 39.3 Å². The standard InChI is InChI=1S/C20H28N4O3/c1-2-10-21-20(27)22-11-8-17(9-12-22)24-14-13-23(18(25)19(24)26)15-16-6-4-3-5-7-16/h3-7,17H,2,8-15H2,1H3,(H,21,27). The van der Waals surface area contributed by atoms with Gasteiger partial charge in [0.15, 0.2) is 0 Å². The molecule has 3 rings (SSSR count). The van der Waals surface area contributed by atoms with Crippen LogP contribution in [0.5, 0.6) is 0 Å². The molecule has 2 heterocycles. The smallest absolute Gasteiger partial charge is 0.317 e. The minimum absolute atomic E-state index is 0.0367. The van der Waals surface area contributed by atoms with E-state index in [-0.39, 0.29) is 12.1 Å². The van der Waals surface area contributed by atoms with Crippen LogP contribution in [0.15, 0.2) is 30.3 Å². The Morgan fingerprint density at radius 1 is 1.04 bits per heavy atom. The number of amides is 4. The molecule has 27 heavy (non-hydrogen) atoms. The SMILES string of the molecule is CCCNC(=O)N1CCC(N2CCN(Cc3ccccc3)C(=O)C2=O)CC1. The molecule has 0 aromatic heterocycles. The average molecular weight is 372 g/mol. The number of carbonyl (C=O) groups is 3. The fourth-order valence-electron chi connectivity index (χ4n) is 3.72. The summed E-state index contributed by atoms with van der Waals surface area (Å²) in [5, 5.41) is 2.89. The van der Waals surface area contributed by atoms with E-state index >= 15 is 0 Å². The quantitative estimate of drug-likeness (QED) is 0.795. The number of urea groups is 1. The number of nitrogens with one attached hydrogen (secondary N) is 1. The predicted molar refractivity (Wildman–Crippen MR) is 102 cm³/mol. The fourth-order valence-corrected chi connectivity index (χ4v) is 3.72. The van der Waals surface area contributed by atoms with E-state index in [0.717, 1.165) is 24.8 Å². The van der Waals surface area contributed by atoms with Gasteiger partial charge in [-0.1, -0.05) is 37.3 Å². The summed E-state index contributed by atoms with van der Waals surface area (Å²) in [4.78, 5) is 42.3. The first kappa shape index (κ1) is 19.2. The molecule has 1 aromatic rings. The van der Waals surface area contributed by atoms with Crippen molar-refractivity contribution < 1.29 is 14.4 Å². The molecule has 0 bridgehead atoms. The van der Waals surface area contributed by atoms with Gasteiger partial charge in [-0.05, 0) is 24.8 Å². The van der Waals surface area contributed by atoms with E-state index < -0.39 is 11.8 Å². The second kappa shape index (κ2) is 8.88. The van der Waals surface area contributed by atoms with Crippen molar-refractivity contribution >= 4 is 17.8 Å². The molecule has 2 aliphatic rings. The zero-order valence-electron chi connectivity index (χ0n) is 15.9. The maximum Gasteiger partial charge on any atom is 0.317 e. The lowest BCUT2D eigenvalue weighted by Crippen LogP contribution is -2.59. The Kier molecular flexibility index (Phi) is 6.32. The first-order valence-corrected chi connectivity index (χ1v) is 9.76. The van der Waals surface area contributed by atoms with E-state index in [1.807, 2.05) is 37.3 Å². The summed E-state index contributed by atoms with van der Waals surface area (Å²) >= 11 is 0. The van der Waals surface area contributed by atoms with Crippen LogP contribution in [0, 0.1) is 0 Å². The van der Waals surface area contributed by atoms with E-state index in [9.17, 15) is 14.4 Å². The molecule has 2 aliphatic heterocycles. The summed E-state index contributed by atoms with van der Waals surface area (Å²) in [6.07, 6.45) is 2.35. The Bertz CT molecular complexity index is 671. The van der Waals surface area contributed by atoms with E-state index in [4.69, 9.17) is 0 Å². The molecule has 1 N–H and O–H groups in total. The molecule has 1 aromatic carbocycles. The fraction of sp³-hybridized carbons (Fsp3) is 0.550. The molecule has 0 spiro atoms. The van der Waals surface area contributed by atoms with Gasteiger partial charge in [0.1, 0.15) is 0 Å². The van der Waals surface area contributed by atoms with Gasteiger partial charge in [0.25, 0.3) is 0 Å². The molecule has 146 valence electrons. The molecule has 0 saturated carbocycles. The lowest BCUT2D eigenvalue weighted by atomic mass is 10.0. The maximum atomic E-state index is 12.6. The highest BCUT2D eigenvalue weighted by molar-refractivity contribution is 6.35. The molecule has 0 aliphatic carbocycles. The highest BCUT2D eigenvalue weighted by Gasteiger charge is 2.37. The summed E-state index contributed by atoms with van der Waals surface area (Å²) in [5.74, 6) is -0.834. The molecule has 2 saturated heterocycles. The van der Waals surface area contributed by atoms with Gasteiger partial charge in [0.2, 0.25) is 0 Å². The molecular formula is C20H28N4O3. The van der Waals surface area contributed by atoms with E-state index in [1.54, 1.807) is 14.7 Å². The third-order valence-corrected chi connectivity index (χ3v) is 5.28. The van der Waals surface area contributed by atoms with Crippen LogP contribution < -0.4 is 5.32 Å². The van der Waals surface area contributed by atoms with Crippen LogP contribution in [0.2, 0.25) is 0 Å². The van der Waals surface area contributed by atoms with Crippen molar-refractivity contribution in [2.45, 2.75) is 38.8 Å². The van der Waals surface area contributed by atoms with Crippen molar-refractivity contribution in [1.29, 1.82) is 0 Å². The maximum absolute atomic E-state index is 12.6. The number of piperidine rings is 1. The van der Waals surface area contributed by atoms with Gasteiger partial charge in [0.05, 0.1) is 0 Å². The van der Waals surface area contributed by atoms with Crippen molar-refractivity contribution in [2.75, 3.05) is 32.7 Å². The number of hydrogen-bond donors (Lipinski definition) is 1. The Hall–Kier alpha value is -2.57. The van der Waals surface area contributed by atoms with Gasteiger partial charge >= 0.3 is 17.8 Å². The number of carbonyl (C=O) groups excluding carboxylic acids is 3. The first-order valence-electron chi connectivity index (χ1n) is 9.76. The van der Waals surface area contributed by atoms with Crippen molar-refractivity contribution in [3.8, 4) is 0 Å². The van der Waals surface area contributed by atoms with Crippen molar-refractivity contribution in [3.05, 3.63) is 35.9 Å². The minimum atomic E-state index is -0.423. The molecule has 7 heteroatoms. The molecule has 0 atom stereocenters. The van der Waals surface area contributed by atoms with E-state index in [2.05, 4.69) is 5.32 Å². The molecule has 0 radical (unpaired) electrons. The number of piperazine rings is 1. The van der Waals surface area contributed by atoms with Crippen LogP contribution >= 0.6 is 0 Å². The normalized spacial score (nSPS) is 18.8. The molecular weight excluding hydrogens is 344 g/mol. The van der Waals surface area contributed by atoms with Gasteiger partial charge < -0.3 is 20.0 Å². The summed E-state index contributed by atoms with van der Waals surface area (Å²) in [6, 6.07) is 9.72. The Morgan fingerprint density at radius 3 is 2.41 bits per heavy atom. The number of nitrogens with zero attached hydrogens (tertiary/aromatic N) is 3. The van der Waals surface area contributed by atoms with Gasteiger partial charge in [-0.3, -0.25) is 9.59 Å². The summed E-state index contributed by atoms with van der Waals surface area (Å²) in [5.41, 5.74) is 1.03. The van der Waals surface area contributed by atoms with Crippen LogP contribution in [0.25, 0.3) is 0 Å². The van der Waals surface area contributed by atoms with Gasteiger partial charge in [0, 0.05) is 45.3 Å². The number of benzene rings is 1. The topological polar surface area (TPSA) is 73.0 Å². The van der Waals surface area contributed by atoms with Crippen molar-refractivity contribution in [2.24, 2.45) is 0 Å². The van der Waals surface area contributed by atoms with Crippen molar-refractivity contribution in [3.63, 3.8) is 0 Å². The predicted octanol–water partition coefficient (Wildman–Crippen LogP) is 1.44. The Morgan fingerprint density at radius 2 is 1.74 bits per heavy atom. The third kappa shape index (κ3) is 4.59.